The second-order valence-corrected chi connectivity index (χ2v) is 6.53. The zero-order valence-corrected chi connectivity index (χ0v) is 12.6. The van der Waals surface area contributed by atoms with Gasteiger partial charge < -0.3 is 5.32 Å². The third kappa shape index (κ3) is 3.00. The van der Waals surface area contributed by atoms with Crippen LogP contribution in [0.3, 0.4) is 0 Å². The van der Waals surface area contributed by atoms with Gasteiger partial charge in [-0.1, -0.05) is 39.3 Å². The Morgan fingerprint density at radius 2 is 2.16 bits per heavy atom. The Bertz CT molecular complexity index is 439. The fourth-order valence-electron chi connectivity index (χ4n) is 3.49. The molecule has 0 spiro atoms. The minimum Gasteiger partial charge on any atom is -0.310 e. The number of rotatable bonds is 4. The van der Waals surface area contributed by atoms with Gasteiger partial charge in [0.25, 0.3) is 0 Å². The Balaban J connectivity index is 2.31. The molecule has 1 fully saturated rings. The van der Waals surface area contributed by atoms with E-state index in [1.165, 1.54) is 19.3 Å². The molecule has 1 aromatic rings. The molecule has 106 valence electrons. The average molecular weight is 263 g/mol. The Hall–Kier alpha value is -0.890. The molecule has 2 rings (SSSR count). The SMILES string of the molecule is CCNC(c1ccc(C)c(F)c1)C1CCCC1(C)C. The summed E-state index contributed by atoms with van der Waals surface area (Å²) in [5, 5.41) is 3.58. The normalized spacial score (nSPS) is 23.5. The molecule has 2 atom stereocenters. The molecule has 19 heavy (non-hydrogen) atoms. The monoisotopic (exact) mass is 263 g/mol. The molecule has 1 N–H and O–H groups in total. The van der Waals surface area contributed by atoms with Crippen LogP contribution in [0.4, 0.5) is 4.39 Å². The van der Waals surface area contributed by atoms with Crippen molar-refractivity contribution in [2.75, 3.05) is 6.54 Å². The van der Waals surface area contributed by atoms with E-state index < -0.39 is 0 Å². The van der Waals surface area contributed by atoms with Crippen molar-refractivity contribution in [2.24, 2.45) is 11.3 Å². The largest absolute Gasteiger partial charge is 0.310 e. The van der Waals surface area contributed by atoms with E-state index in [-0.39, 0.29) is 11.9 Å². The van der Waals surface area contributed by atoms with Gasteiger partial charge in [-0.2, -0.15) is 0 Å². The van der Waals surface area contributed by atoms with Gasteiger partial charge in [0.15, 0.2) is 0 Å². The van der Waals surface area contributed by atoms with Gasteiger partial charge in [0.1, 0.15) is 5.82 Å². The molecule has 0 bridgehead atoms. The van der Waals surface area contributed by atoms with Crippen LogP contribution in [0.1, 0.15) is 57.2 Å². The standard InChI is InChI=1S/C17H26FN/c1-5-19-16(14-7-6-10-17(14,3)4)13-9-8-12(2)15(18)11-13/h8-9,11,14,16,19H,5-7,10H2,1-4H3. The lowest BCUT2D eigenvalue weighted by atomic mass is 9.75. The Morgan fingerprint density at radius 3 is 2.68 bits per heavy atom. The summed E-state index contributed by atoms with van der Waals surface area (Å²) in [5.41, 5.74) is 2.17. The van der Waals surface area contributed by atoms with Crippen LogP contribution in [0, 0.1) is 24.1 Å². The minimum absolute atomic E-state index is 0.0868. The number of aryl methyl sites for hydroxylation is 1. The van der Waals surface area contributed by atoms with Crippen molar-refractivity contribution in [1.29, 1.82) is 0 Å². The summed E-state index contributed by atoms with van der Waals surface area (Å²) < 4.78 is 13.8. The van der Waals surface area contributed by atoms with Crippen molar-refractivity contribution >= 4 is 0 Å². The number of hydrogen-bond donors (Lipinski definition) is 1. The third-order valence-electron chi connectivity index (χ3n) is 4.72. The molecule has 0 heterocycles. The minimum atomic E-state index is -0.0868. The zero-order chi connectivity index (χ0) is 14.0. The van der Waals surface area contributed by atoms with E-state index in [1.54, 1.807) is 6.07 Å². The molecule has 0 amide bonds. The molecule has 0 aliphatic heterocycles. The Kier molecular flexibility index (Phi) is 4.29. The molecule has 0 radical (unpaired) electrons. The van der Waals surface area contributed by atoms with Gasteiger partial charge in [0.2, 0.25) is 0 Å². The van der Waals surface area contributed by atoms with Gasteiger partial charge >= 0.3 is 0 Å². The van der Waals surface area contributed by atoms with Crippen LogP contribution in [0.2, 0.25) is 0 Å². The lowest BCUT2D eigenvalue weighted by Gasteiger charge is -2.35. The maximum Gasteiger partial charge on any atom is 0.126 e. The van der Waals surface area contributed by atoms with E-state index in [9.17, 15) is 4.39 Å². The van der Waals surface area contributed by atoms with Crippen LogP contribution in [0.25, 0.3) is 0 Å². The van der Waals surface area contributed by atoms with Crippen molar-refractivity contribution in [3.8, 4) is 0 Å². The van der Waals surface area contributed by atoms with Gasteiger partial charge in [0.05, 0.1) is 0 Å². The van der Waals surface area contributed by atoms with Gasteiger partial charge in [-0.3, -0.25) is 0 Å². The molecule has 1 nitrogen and oxygen atoms in total. The second kappa shape index (κ2) is 5.62. The van der Waals surface area contributed by atoms with Crippen molar-refractivity contribution in [3.05, 3.63) is 35.1 Å². The van der Waals surface area contributed by atoms with Gasteiger partial charge in [-0.05, 0) is 54.8 Å². The number of hydrogen-bond acceptors (Lipinski definition) is 1. The molecule has 2 heteroatoms. The van der Waals surface area contributed by atoms with Crippen molar-refractivity contribution in [3.63, 3.8) is 0 Å². The lowest BCUT2D eigenvalue weighted by molar-refractivity contribution is 0.199. The van der Waals surface area contributed by atoms with E-state index in [0.29, 0.717) is 11.3 Å². The summed E-state index contributed by atoms with van der Waals surface area (Å²) in [4.78, 5) is 0. The predicted molar refractivity (Wildman–Crippen MR) is 78.7 cm³/mol. The first-order valence-corrected chi connectivity index (χ1v) is 7.45. The summed E-state index contributed by atoms with van der Waals surface area (Å²) >= 11 is 0. The fourth-order valence-corrected chi connectivity index (χ4v) is 3.49. The highest BCUT2D eigenvalue weighted by Gasteiger charge is 2.39. The first-order valence-electron chi connectivity index (χ1n) is 7.45. The summed E-state index contributed by atoms with van der Waals surface area (Å²) in [6, 6.07) is 5.98. The van der Waals surface area contributed by atoms with E-state index in [2.05, 4.69) is 32.2 Å². The van der Waals surface area contributed by atoms with Gasteiger partial charge in [0, 0.05) is 6.04 Å². The first-order chi connectivity index (χ1) is 8.95. The predicted octanol–water partition coefficient (Wildman–Crippen LogP) is 4.61. The molecule has 2 unspecified atom stereocenters. The van der Waals surface area contributed by atoms with E-state index in [0.717, 1.165) is 17.7 Å². The third-order valence-corrected chi connectivity index (χ3v) is 4.72. The highest BCUT2D eigenvalue weighted by Crippen LogP contribution is 2.48. The molecule has 1 aromatic carbocycles. The number of nitrogens with one attached hydrogen (secondary N) is 1. The smallest absolute Gasteiger partial charge is 0.126 e. The highest BCUT2D eigenvalue weighted by molar-refractivity contribution is 5.27. The Morgan fingerprint density at radius 1 is 1.42 bits per heavy atom. The quantitative estimate of drug-likeness (QED) is 0.836. The molecule has 0 saturated heterocycles. The number of benzene rings is 1. The van der Waals surface area contributed by atoms with Crippen LogP contribution in [-0.4, -0.2) is 6.54 Å². The average Bonchev–Trinajstić information content (AvgIpc) is 2.70. The molecule has 1 aliphatic rings. The molecular weight excluding hydrogens is 237 g/mol. The maximum absolute atomic E-state index is 13.8. The number of halogens is 1. The van der Waals surface area contributed by atoms with Crippen molar-refractivity contribution in [2.45, 2.75) is 53.0 Å². The first kappa shape index (κ1) is 14.5. The fraction of sp³-hybridized carbons (Fsp3) is 0.647. The summed E-state index contributed by atoms with van der Waals surface area (Å²) in [6.07, 6.45) is 3.79. The van der Waals surface area contributed by atoms with Crippen LogP contribution >= 0.6 is 0 Å². The second-order valence-electron chi connectivity index (χ2n) is 6.53. The summed E-state index contributed by atoms with van der Waals surface area (Å²) in [7, 11) is 0. The summed E-state index contributed by atoms with van der Waals surface area (Å²) in [5.74, 6) is 0.505. The molecule has 1 saturated carbocycles. The van der Waals surface area contributed by atoms with E-state index in [4.69, 9.17) is 0 Å². The van der Waals surface area contributed by atoms with Crippen molar-refractivity contribution in [1.82, 2.24) is 5.32 Å². The highest BCUT2D eigenvalue weighted by atomic mass is 19.1. The lowest BCUT2D eigenvalue weighted by Crippen LogP contribution is -2.34. The van der Waals surface area contributed by atoms with Crippen LogP contribution in [0.5, 0.6) is 0 Å². The topological polar surface area (TPSA) is 12.0 Å². The Labute approximate surface area is 116 Å². The molecular formula is C17H26FN. The van der Waals surface area contributed by atoms with Gasteiger partial charge in [-0.25, -0.2) is 4.39 Å². The maximum atomic E-state index is 13.8. The molecule has 0 aromatic heterocycles. The van der Waals surface area contributed by atoms with Crippen LogP contribution in [0.15, 0.2) is 18.2 Å². The van der Waals surface area contributed by atoms with Crippen molar-refractivity contribution < 1.29 is 4.39 Å². The van der Waals surface area contributed by atoms with E-state index in [1.807, 2.05) is 13.0 Å². The van der Waals surface area contributed by atoms with Crippen LogP contribution in [-0.2, 0) is 0 Å². The van der Waals surface area contributed by atoms with Crippen LogP contribution < -0.4 is 5.32 Å². The zero-order valence-electron chi connectivity index (χ0n) is 12.6. The van der Waals surface area contributed by atoms with Gasteiger partial charge in [-0.15, -0.1) is 0 Å². The summed E-state index contributed by atoms with van der Waals surface area (Å²) in [6.45, 7) is 9.56. The molecule has 1 aliphatic carbocycles. The van der Waals surface area contributed by atoms with E-state index >= 15 is 0 Å².